The second kappa shape index (κ2) is 5.48. The van der Waals surface area contributed by atoms with Gasteiger partial charge in [0.05, 0.1) is 7.11 Å². The SMILES string of the molecule is COc1ccc(N2CCN(C(N)=NN)CC2)cc1. The van der Waals surface area contributed by atoms with Crippen LogP contribution in [0.25, 0.3) is 0 Å². The van der Waals surface area contributed by atoms with Crippen molar-refractivity contribution in [1.82, 2.24) is 4.90 Å². The van der Waals surface area contributed by atoms with Crippen molar-refractivity contribution < 1.29 is 4.74 Å². The number of benzene rings is 1. The van der Waals surface area contributed by atoms with Gasteiger partial charge in [0.25, 0.3) is 0 Å². The maximum atomic E-state index is 5.69. The molecule has 0 unspecified atom stereocenters. The van der Waals surface area contributed by atoms with Gasteiger partial charge in [-0.25, -0.2) is 0 Å². The first-order chi connectivity index (χ1) is 8.74. The van der Waals surface area contributed by atoms with Gasteiger partial charge < -0.3 is 26.1 Å². The molecule has 6 nitrogen and oxygen atoms in total. The zero-order valence-corrected chi connectivity index (χ0v) is 10.5. The lowest BCUT2D eigenvalue weighted by atomic mass is 10.2. The zero-order valence-electron chi connectivity index (χ0n) is 10.5. The molecule has 0 saturated carbocycles. The molecule has 0 atom stereocenters. The van der Waals surface area contributed by atoms with Crippen molar-refractivity contribution >= 4 is 11.6 Å². The topological polar surface area (TPSA) is 80.1 Å². The Morgan fingerprint density at radius 3 is 2.28 bits per heavy atom. The number of hydrazone groups is 1. The fourth-order valence-corrected chi connectivity index (χ4v) is 2.07. The van der Waals surface area contributed by atoms with Gasteiger partial charge in [-0.3, -0.25) is 0 Å². The summed E-state index contributed by atoms with van der Waals surface area (Å²) in [7, 11) is 1.67. The molecule has 1 heterocycles. The number of ether oxygens (including phenoxy) is 1. The summed E-state index contributed by atoms with van der Waals surface area (Å²) in [5.41, 5.74) is 6.88. The minimum Gasteiger partial charge on any atom is -0.497 e. The summed E-state index contributed by atoms with van der Waals surface area (Å²) in [5.74, 6) is 6.45. The quantitative estimate of drug-likeness (QED) is 0.334. The Kier molecular flexibility index (Phi) is 3.76. The summed E-state index contributed by atoms with van der Waals surface area (Å²) in [4.78, 5) is 4.29. The maximum absolute atomic E-state index is 5.69. The number of nitrogens with two attached hydrogens (primary N) is 2. The van der Waals surface area contributed by atoms with Crippen molar-refractivity contribution in [3.63, 3.8) is 0 Å². The smallest absolute Gasteiger partial charge is 0.213 e. The standard InChI is InChI=1S/C12H19N5O/c1-18-11-4-2-10(3-5-11)16-6-8-17(9-7-16)12(13)15-14/h2-5H,6-9,14H2,1H3,(H2,13,15). The van der Waals surface area contributed by atoms with E-state index in [1.54, 1.807) is 7.11 Å². The molecule has 1 aliphatic rings. The molecule has 1 aromatic rings. The molecular formula is C12H19N5O. The fraction of sp³-hybridized carbons (Fsp3) is 0.417. The molecule has 0 radical (unpaired) electrons. The van der Waals surface area contributed by atoms with Crippen LogP contribution in [0.1, 0.15) is 0 Å². The van der Waals surface area contributed by atoms with Crippen LogP contribution in [-0.2, 0) is 0 Å². The molecular weight excluding hydrogens is 230 g/mol. The summed E-state index contributed by atoms with van der Waals surface area (Å²) in [5, 5.41) is 3.52. The molecule has 0 aliphatic carbocycles. The summed E-state index contributed by atoms with van der Waals surface area (Å²) in [6.45, 7) is 3.47. The first-order valence-electron chi connectivity index (χ1n) is 5.92. The third-order valence-corrected chi connectivity index (χ3v) is 3.17. The van der Waals surface area contributed by atoms with Crippen molar-refractivity contribution in [2.45, 2.75) is 0 Å². The number of nitrogens with zero attached hydrogens (tertiary/aromatic N) is 3. The lowest BCUT2D eigenvalue weighted by Crippen LogP contribution is -2.51. The van der Waals surface area contributed by atoms with Gasteiger partial charge in [-0.2, -0.15) is 0 Å². The minimum atomic E-state index is 0.407. The number of rotatable bonds is 2. The molecule has 18 heavy (non-hydrogen) atoms. The molecule has 1 saturated heterocycles. The van der Waals surface area contributed by atoms with Crippen LogP contribution in [0.2, 0.25) is 0 Å². The molecule has 4 N–H and O–H groups in total. The van der Waals surface area contributed by atoms with E-state index in [1.165, 1.54) is 5.69 Å². The van der Waals surface area contributed by atoms with E-state index < -0.39 is 0 Å². The largest absolute Gasteiger partial charge is 0.497 e. The number of hydrogen-bond acceptors (Lipinski definition) is 4. The first kappa shape index (κ1) is 12.3. The molecule has 0 bridgehead atoms. The van der Waals surface area contributed by atoms with Gasteiger partial charge in [0.15, 0.2) is 0 Å². The highest BCUT2D eigenvalue weighted by Gasteiger charge is 2.18. The van der Waals surface area contributed by atoms with Gasteiger partial charge in [0.1, 0.15) is 5.75 Å². The summed E-state index contributed by atoms with van der Waals surface area (Å²) in [6.07, 6.45) is 0. The van der Waals surface area contributed by atoms with Crippen LogP contribution in [0.4, 0.5) is 5.69 Å². The maximum Gasteiger partial charge on any atom is 0.213 e. The van der Waals surface area contributed by atoms with Crippen LogP contribution < -0.4 is 21.2 Å². The molecule has 1 aromatic carbocycles. The van der Waals surface area contributed by atoms with Crippen LogP contribution in [0.15, 0.2) is 29.4 Å². The van der Waals surface area contributed by atoms with Crippen molar-refractivity contribution in [3.8, 4) is 5.75 Å². The number of methoxy groups -OCH3 is 1. The minimum absolute atomic E-state index is 0.407. The van der Waals surface area contributed by atoms with Crippen LogP contribution in [-0.4, -0.2) is 44.1 Å². The van der Waals surface area contributed by atoms with E-state index in [9.17, 15) is 0 Å². The predicted molar refractivity (Wildman–Crippen MR) is 72.6 cm³/mol. The molecule has 0 spiro atoms. The molecule has 1 aliphatic heterocycles. The van der Waals surface area contributed by atoms with Gasteiger partial charge in [0, 0.05) is 31.9 Å². The van der Waals surface area contributed by atoms with Crippen LogP contribution in [0.5, 0.6) is 5.75 Å². The monoisotopic (exact) mass is 249 g/mol. The molecule has 0 amide bonds. The highest BCUT2D eigenvalue weighted by molar-refractivity contribution is 5.78. The second-order valence-corrected chi connectivity index (χ2v) is 4.16. The zero-order chi connectivity index (χ0) is 13.0. The van der Waals surface area contributed by atoms with E-state index in [1.807, 2.05) is 17.0 Å². The van der Waals surface area contributed by atoms with E-state index in [0.717, 1.165) is 31.9 Å². The predicted octanol–water partition coefficient (Wildman–Crippen LogP) is 0.00560. The van der Waals surface area contributed by atoms with Gasteiger partial charge in [-0.15, -0.1) is 5.10 Å². The average Bonchev–Trinajstić information content (AvgIpc) is 2.47. The van der Waals surface area contributed by atoms with E-state index in [2.05, 4.69) is 22.1 Å². The van der Waals surface area contributed by atoms with Gasteiger partial charge in [0.2, 0.25) is 5.96 Å². The van der Waals surface area contributed by atoms with E-state index in [-0.39, 0.29) is 0 Å². The summed E-state index contributed by atoms with van der Waals surface area (Å²) >= 11 is 0. The second-order valence-electron chi connectivity index (χ2n) is 4.16. The van der Waals surface area contributed by atoms with E-state index >= 15 is 0 Å². The molecule has 0 aromatic heterocycles. The highest BCUT2D eigenvalue weighted by Crippen LogP contribution is 2.20. The summed E-state index contributed by atoms with van der Waals surface area (Å²) < 4.78 is 5.15. The van der Waals surface area contributed by atoms with Gasteiger partial charge in [-0.1, -0.05) is 0 Å². The molecule has 1 fully saturated rings. The van der Waals surface area contributed by atoms with Crippen molar-refractivity contribution in [3.05, 3.63) is 24.3 Å². The Labute approximate surface area is 107 Å². The number of hydrogen-bond donors (Lipinski definition) is 2. The van der Waals surface area contributed by atoms with Crippen molar-refractivity contribution in [1.29, 1.82) is 0 Å². The Morgan fingerprint density at radius 2 is 1.78 bits per heavy atom. The third kappa shape index (κ3) is 2.58. The molecule has 98 valence electrons. The van der Waals surface area contributed by atoms with Crippen LogP contribution >= 0.6 is 0 Å². The van der Waals surface area contributed by atoms with E-state index in [4.69, 9.17) is 16.3 Å². The van der Waals surface area contributed by atoms with E-state index in [0.29, 0.717) is 5.96 Å². The van der Waals surface area contributed by atoms with Crippen molar-refractivity contribution in [2.75, 3.05) is 38.2 Å². The van der Waals surface area contributed by atoms with Crippen molar-refractivity contribution in [2.24, 2.45) is 16.7 Å². The highest BCUT2D eigenvalue weighted by atomic mass is 16.5. The average molecular weight is 249 g/mol. The lowest BCUT2D eigenvalue weighted by molar-refractivity contribution is 0.381. The first-order valence-corrected chi connectivity index (χ1v) is 5.92. The fourth-order valence-electron chi connectivity index (χ4n) is 2.07. The van der Waals surface area contributed by atoms with Gasteiger partial charge in [-0.05, 0) is 24.3 Å². The number of guanidine groups is 1. The van der Waals surface area contributed by atoms with Crippen LogP contribution in [0, 0.1) is 0 Å². The lowest BCUT2D eigenvalue weighted by Gasteiger charge is -2.36. The van der Waals surface area contributed by atoms with Gasteiger partial charge >= 0.3 is 0 Å². The Hall–Kier alpha value is -2.11. The molecule has 6 heteroatoms. The normalized spacial score (nSPS) is 16.8. The molecule has 2 rings (SSSR count). The summed E-state index contributed by atoms with van der Waals surface area (Å²) in [6, 6.07) is 8.07. The Bertz CT molecular complexity index is 409. The third-order valence-electron chi connectivity index (χ3n) is 3.17. The number of anilines is 1. The number of piperazine rings is 1. The Balaban J connectivity index is 1.96. The van der Waals surface area contributed by atoms with Crippen LogP contribution in [0.3, 0.4) is 0 Å². The Morgan fingerprint density at radius 1 is 1.17 bits per heavy atom.